The van der Waals surface area contributed by atoms with Crippen molar-refractivity contribution in [3.63, 3.8) is 0 Å². The van der Waals surface area contributed by atoms with Gasteiger partial charge in [0.25, 0.3) is 0 Å². The molecule has 5 heteroatoms. The summed E-state index contributed by atoms with van der Waals surface area (Å²) in [6.07, 6.45) is 2.46. The van der Waals surface area contributed by atoms with Gasteiger partial charge >= 0.3 is 0 Å². The molecule has 0 unspecified atom stereocenters. The molecule has 0 radical (unpaired) electrons. The van der Waals surface area contributed by atoms with E-state index in [4.69, 9.17) is 0 Å². The highest BCUT2D eigenvalue weighted by Gasteiger charge is 2.00. The summed E-state index contributed by atoms with van der Waals surface area (Å²) in [7, 11) is 0. The second-order valence-electron chi connectivity index (χ2n) is 2.40. The highest BCUT2D eigenvalue weighted by atomic mass is 127. The van der Waals surface area contributed by atoms with E-state index in [0.717, 1.165) is 15.8 Å². The Bertz CT molecular complexity index is 271. The average Bonchev–Trinajstić information content (AvgIpc) is 2.36. The summed E-state index contributed by atoms with van der Waals surface area (Å²) in [4.78, 5) is 17.6. The molecule has 0 bridgehead atoms. The maximum Gasteiger partial charge on any atom is 0.216 e. The Labute approximate surface area is 84.3 Å². The van der Waals surface area contributed by atoms with E-state index in [9.17, 15) is 4.79 Å². The first-order valence-corrected chi connectivity index (χ1v) is 4.70. The van der Waals surface area contributed by atoms with E-state index in [2.05, 4.69) is 37.9 Å². The first-order chi connectivity index (χ1) is 5.70. The van der Waals surface area contributed by atoms with E-state index in [-0.39, 0.29) is 5.91 Å². The van der Waals surface area contributed by atoms with Gasteiger partial charge in [0.05, 0.1) is 6.33 Å². The predicted molar refractivity (Wildman–Crippen MR) is 53.7 cm³/mol. The maximum absolute atomic E-state index is 10.5. The standard InChI is InChI=1S/C7H10IN3O/c1-5(12)9-3-2-6-7(8)11-4-10-6/h4H,2-3H2,1H3,(H,9,12)(H,10,11). The number of halogens is 1. The number of nitrogens with one attached hydrogen (secondary N) is 2. The van der Waals surface area contributed by atoms with Gasteiger partial charge in [0.2, 0.25) is 5.91 Å². The third kappa shape index (κ3) is 2.80. The summed E-state index contributed by atoms with van der Waals surface area (Å²) in [6, 6.07) is 0. The molecule has 0 saturated carbocycles. The Morgan fingerprint density at radius 2 is 2.58 bits per heavy atom. The van der Waals surface area contributed by atoms with Gasteiger partial charge in [-0.3, -0.25) is 4.79 Å². The summed E-state index contributed by atoms with van der Waals surface area (Å²) in [5, 5.41) is 2.72. The number of imidazole rings is 1. The second-order valence-corrected chi connectivity index (χ2v) is 3.43. The van der Waals surface area contributed by atoms with Crippen molar-refractivity contribution in [1.29, 1.82) is 0 Å². The Balaban J connectivity index is 2.33. The minimum atomic E-state index is 0.00419. The van der Waals surface area contributed by atoms with E-state index in [1.54, 1.807) is 6.33 Å². The molecule has 0 aliphatic carbocycles. The van der Waals surface area contributed by atoms with E-state index in [1.165, 1.54) is 6.92 Å². The number of hydrogen-bond acceptors (Lipinski definition) is 2. The lowest BCUT2D eigenvalue weighted by atomic mass is 10.3. The number of H-pyrrole nitrogens is 1. The van der Waals surface area contributed by atoms with Crippen LogP contribution in [0.15, 0.2) is 6.33 Å². The summed E-state index contributed by atoms with van der Waals surface area (Å²) in [5.41, 5.74) is 1.07. The van der Waals surface area contributed by atoms with Gasteiger partial charge in [0.1, 0.15) is 3.70 Å². The van der Waals surface area contributed by atoms with Gasteiger partial charge in [0, 0.05) is 25.6 Å². The molecule has 1 amide bonds. The van der Waals surface area contributed by atoms with Gasteiger partial charge in [-0.05, 0) is 22.6 Å². The third-order valence-corrected chi connectivity index (χ3v) is 2.34. The molecule has 1 aromatic heterocycles. The number of amides is 1. The van der Waals surface area contributed by atoms with Gasteiger partial charge in [-0.25, -0.2) is 4.98 Å². The number of carbonyl (C=O) groups excluding carboxylic acids is 1. The lowest BCUT2D eigenvalue weighted by Gasteiger charge is -1.99. The lowest BCUT2D eigenvalue weighted by molar-refractivity contribution is -0.118. The fourth-order valence-corrected chi connectivity index (χ4v) is 1.41. The Kier molecular flexibility index (Phi) is 3.51. The molecule has 1 rings (SSSR count). The Hall–Kier alpha value is -0.590. The maximum atomic E-state index is 10.5. The number of nitrogens with zero attached hydrogens (tertiary/aromatic N) is 1. The molecule has 4 nitrogen and oxygen atoms in total. The molecule has 12 heavy (non-hydrogen) atoms. The second kappa shape index (κ2) is 4.44. The molecule has 0 fully saturated rings. The SMILES string of the molecule is CC(=O)NCCc1[nH]cnc1I. The van der Waals surface area contributed by atoms with Crippen molar-refractivity contribution in [2.75, 3.05) is 6.54 Å². The summed E-state index contributed by atoms with van der Waals surface area (Å²) in [6.45, 7) is 2.17. The highest BCUT2D eigenvalue weighted by Crippen LogP contribution is 2.05. The van der Waals surface area contributed by atoms with Crippen molar-refractivity contribution >= 4 is 28.5 Å². The molecule has 1 aromatic rings. The molecule has 0 aromatic carbocycles. The van der Waals surface area contributed by atoms with E-state index < -0.39 is 0 Å². The van der Waals surface area contributed by atoms with Crippen molar-refractivity contribution < 1.29 is 4.79 Å². The zero-order chi connectivity index (χ0) is 8.97. The molecule has 0 aliphatic heterocycles. The summed E-state index contributed by atoms with van der Waals surface area (Å²) in [5.74, 6) is 0.00419. The average molecular weight is 279 g/mol. The minimum Gasteiger partial charge on any atom is -0.356 e. The normalized spacial score (nSPS) is 9.83. The van der Waals surface area contributed by atoms with Gasteiger partial charge < -0.3 is 10.3 Å². The van der Waals surface area contributed by atoms with Crippen LogP contribution in [0.3, 0.4) is 0 Å². The van der Waals surface area contributed by atoms with E-state index in [0.29, 0.717) is 6.54 Å². The largest absolute Gasteiger partial charge is 0.356 e. The first-order valence-electron chi connectivity index (χ1n) is 3.62. The Morgan fingerprint density at radius 3 is 3.08 bits per heavy atom. The van der Waals surface area contributed by atoms with Crippen molar-refractivity contribution in [2.45, 2.75) is 13.3 Å². The molecular formula is C7H10IN3O. The van der Waals surface area contributed by atoms with Gasteiger partial charge in [-0.1, -0.05) is 0 Å². The number of aromatic amines is 1. The molecule has 0 aliphatic rings. The molecule has 1 heterocycles. The van der Waals surface area contributed by atoms with Gasteiger partial charge in [-0.15, -0.1) is 0 Å². The quantitative estimate of drug-likeness (QED) is 0.800. The third-order valence-electron chi connectivity index (χ3n) is 1.41. The lowest BCUT2D eigenvalue weighted by Crippen LogP contribution is -2.22. The van der Waals surface area contributed by atoms with Crippen LogP contribution in [0.4, 0.5) is 0 Å². The number of carbonyl (C=O) groups is 1. The summed E-state index contributed by atoms with van der Waals surface area (Å²) < 4.78 is 0.970. The van der Waals surface area contributed by atoms with Crippen LogP contribution in [-0.2, 0) is 11.2 Å². The van der Waals surface area contributed by atoms with Crippen molar-refractivity contribution in [3.8, 4) is 0 Å². The smallest absolute Gasteiger partial charge is 0.216 e. The van der Waals surface area contributed by atoms with Crippen LogP contribution in [0, 0.1) is 3.70 Å². The van der Waals surface area contributed by atoms with Crippen molar-refractivity contribution in [3.05, 3.63) is 15.7 Å². The van der Waals surface area contributed by atoms with Crippen LogP contribution in [0.2, 0.25) is 0 Å². The predicted octanol–water partition coefficient (Wildman–Crippen LogP) is 0.693. The van der Waals surface area contributed by atoms with E-state index in [1.807, 2.05) is 0 Å². The number of hydrogen-bond donors (Lipinski definition) is 2. The van der Waals surface area contributed by atoms with Crippen LogP contribution >= 0.6 is 22.6 Å². The number of aromatic nitrogens is 2. The van der Waals surface area contributed by atoms with Crippen LogP contribution in [0.5, 0.6) is 0 Å². The topological polar surface area (TPSA) is 57.8 Å². The fraction of sp³-hybridized carbons (Fsp3) is 0.429. The molecular weight excluding hydrogens is 269 g/mol. The highest BCUT2D eigenvalue weighted by molar-refractivity contribution is 14.1. The van der Waals surface area contributed by atoms with Crippen LogP contribution < -0.4 is 5.32 Å². The monoisotopic (exact) mass is 279 g/mol. The Morgan fingerprint density at radius 1 is 1.83 bits per heavy atom. The fourth-order valence-electron chi connectivity index (χ4n) is 0.843. The minimum absolute atomic E-state index is 0.00419. The van der Waals surface area contributed by atoms with Crippen molar-refractivity contribution in [1.82, 2.24) is 15.3 Å². The van der Waals surface area contributed by atoms with Gasteiger partial charge in [-0.2, -0.15) is 0 Å². The zero-order valence-corrected chi connectivity index (χ0v) is 8.88. The molecule has 0 saturated heterocycles. The molecule has 0 spiro atoms. The van der Waals surface area contributed by atoms with Crippen LogP contribution in [-0.4, -0.2) is 22.4 Å². The first kappa shape index (κ1) is 9.50. The molecule has 0 atom stereocenters. The zero-order valence-electron chi connectivity index (χ0n) is 6.72. The van der Waals surface area contributed by atoms with Crippen molar-refractivity contribution in [2.24, 2.45) is 0 Å². The molecule has 66 valence electrons. The summed E-state index contributed by atoms with van der Waals surface area (Å²) >= 11 is 2.16. The van der Waals surface area contributed by atoms with E-state index >= 15 is 0 Å². The number of rotatable bonds is 3. The van der Waals surface area contributed by atoms with Crippen LogP contribution in [0.25, 0.3) is 0 Å². The van der Waals surface area contributed by atoms with Crippen LogP contribution in [0.1, 0.15) is 12.6 Å². The van der Waals surface area contributed by atoms with Gasteiger partial charge in [0.15, 0.2) is 0 Å². The molecule has 2 N–H and O–H groups in total.